The summed E-state index contributed by atoms with van der Waals surface area (Å²) in [5.74, 6) is 1.51. The zero-order valence-electron chi connectivity index (χ0n) is 25.6. The maximum atomic E-state index is 6.96. The second-order valence-electron chi connectivity index (χ2n) is 11.1. The molecule has 236 valence electrons. The van der Waals surface area contributed by atoms with E-state index in [1.807, 2.05) is 55.5 Å². The molecule has 0 amide bonds. The van der Waals surface area contributed by atoms with Crippen LogP contribution >= 0.6 is 27.5 Å². The van der Waals surface area contributed by atoms with E-state index in [9.17, 15) is 0 Å². The van der Waals surface area contributed by atoms with E-state index >= 15 is 0 Å². The predicted molar refractivity (Wildman–Crippen MR) is 183 cm³/mol. The molecule has 1 saturated heterocycles. The molecule has 1 heterocycles. The van der Waals surface area contributed by atoms with Crippen molar-refractivity contribution < 1.29 is 23.7 Å². The molecule has 4 aromatic rings. The topological polar surface area (TPSA) is 46.2 Å². The Hall–Kier alpha value is -3.13. The summed E-state index contributed by atoms with van der Waals surface area (Å²) in [6.45, 7) is 8.30. The molecule has 0 saturated carbocycles. The van der Waals surface area contributed by atoms with Gasteiger partial charge in [-0.2, -0.15) is 0 Å². The average molecular weight is 692 g/mol. The van der Waals surface area contributed by atoms with Gasteiger partial charge in [-0.05, 0) is 69.7 Å². The minimum absolute atomic E-state index is 0.0365. The quantitative estimate of drug-likeness (QED) is 0.116. The Kier molecular flexibility index (Phi) is 12.5. The van der Waals surface area contributed by atoms with Crippen LogP contribution in [0.2, 0.25) is 5.02 Å². The number of rotatable bonds is 15. The first-order valence-electron chi connectivity index (χ1n) is 15.4. The third-order valence-corrected chi connectivity index (χ3v) is 9.11. The van der Waals surface area contributed by atoms with Crippen LogP contribution in [-0.4, -0.2) is 32.0 Å². The summed E-state index contributed by atoms with van der Waals surface area (Å²) in [4.78, 5) is 0. The van der Waals surface area contributed by atoms with Crippen molar-refractivity contribution in [3.63, 3.8) is 0 Å². The largest absolute Gasteiger partial charge is 0.494 e. The lowest BCUT2D eigenvalue weighted by atomic mass is 9.93. The van der Waals surface area contributed by atoms with Crippen LogP contribution in [0.5, 0.6) is 11.5 Å². The third-order valence-electron chi connectivity index (χ3n) is 7.69. The summed E-state index contributed by atoms with van der Waals surface area (Å²) in [5.41, 5.74) is 5.29. The molecule has 7 heteroatoms. The lowest BCUT2D eigenvalue weighted by Gasteiger charge is -2.36. The van der Waals surface area contributed by atoms with Crippen LogP contribution < -0.4 is 9.47 Å². The predicted octanol–water partition coefficient (Wildman–Crippen LogP) is 9.68. The van der Waals surface area contributed by atoms with Gasteiger partial charge in [-0.25, -0.2) is 0 Å². The molecule has 4 aromatic carbocycles. The molecule has 1 aliphatic heterocycles. The second-order valence-corrected chi connectivity index (χ2v) is 12.2. The highest BCUT2D eigenvalue weighted by Gasteiger charge is 2.34. The van der Waals surface area contributed by atoms with Gasteiger partial charge < -0.3 is 23.7 Å². The fourth-order valence-electron chi connectivity index (χ4n) is 5.52. The van der Waals surface area contributed by atoms with E-state index in [-0.39, 0.29) is 18.3 Å². The second kappa shape index (κ2) is 17.0. The lowest BCUT2D eigenvalue weighted by Crippen LogP contribution is -2.36. The van der Waals surface area contributed by atoms with Gasteiger partial charge in [-0.15, -0.1) is 0 Å². The van der Waals surface area contributed by atoms with E-state index in [4.69, 9.17) is 35.3 Å². The number of ether oxygens (including phenoxy) is 5. The molecule has 1 fully saturated rings. The highest BCUT2D eigenvalue weighted by atomic mass is 79.9. The van der Waals surface area contributed by atoms with E-state index in [2.05, 4.69) is 65.0 Å². The number of hydrogen-bond donors (Lipinski definition) is 0. The highest BCUT2D eigenvalue weighted by Crippen LogP contribution is 2.45. The number of hydrogen-bond acceptors (Lipinski definition) is 5. The van der Waals surface area contributed by atoms with Gasteiger partial charge in [0.05, 0.1) is 54.2 Å². The fourth-order valence-corrected chi connectivity index (χ4v) is 6.32. The molecule has 0 spiro atoms. The summed E-state index contributed by atoms with van der Waals surface area (Å²) >= 11 is 10.7. The molecule has 0 aliphatic carbocycles. The van der Waals surface area contributed by atoms with E-state index in [1.165, 1.54) is 0 Å². The maximum absolute atomic E-state index is 6.96. The van der Waals surface area contributed by atoms with Crippen molar-refractivity contribution in [2.24, 2.45) is 0 Å². The van der Waals surface area contributed by atoms with Crippen LogP contribution in [-0.2, 0) is 33.8 Å². The SMILES string of the molecule is C=CCOc1c(C2CC(OCc3ccccc3)CC(COCc3ccccc3)O2)cc(Cc2ccc(OCC)cc2)c(Cl)c1Br. The molecule has 1 aliphatic rings. The molecule has 0 N–H and O–H groups in total. The Morgan fingerprint density at radius 1 is 0.889 bits per heavy atom. The summed E-state index contributed by atoms with van der Waals surface area (Å²) in [6, 6.07) is 30.7. The van der Waals surface area contributed by atoms with Crippen LogP contribution in [0.3, 0.4) is 0 Å². The third kappa shape index (κ3) is 9.44. The standard InChI is InChI=1S/C38H40BrClO5/c1-3-19-43-38-34(21-30(37(40)36(38)39)20-27-15-17-31(18-16-27)42-4-2)35-23-32(44-25-29-13-9-6-10-14-29)22-33(45-35)26-41-24-28-11-7-5-8-12-28/h3,5-18,21,32-33,35H,1,4,19-20,22-26H2,2H3. The van der Waals surface area contributed by atoms with Gasteiger partial charge >= 0.3 is 0 Å². The molecular weight excluding hydrogens is 652 g/mol. The molecule has 0 radical (unpaired) electrons. The van der Waals surface area contributed by atoms with Crippen molar-refractivity contribution in [3.8, 4) is 11.5 Å². The smallest absolute Gasteiger partial charge is 0.141 e. The highest BCUT2D eigenvalue weighted by molar-refractivity contribution is 9.10. The lowest BCUT2D eigenvalue weighted by molar-refractivity contribution is -0.142. The van der Waals surface area contributed by atoms with E-state index in [0.29, 0.717) is 61.1 Å². The number of halogens is 2. The van der Waals surface area contributed by atoms with E-state index < -0.39 is 0 Å². The van der Waals surface area contributed by atoms with Crippen molar-refractivity contribution >= 4 is 27.5 Å². The fraction of sp³-hybridized carbons (Fsp3) is 0.316. The summed E-state index contributed by atoms with van der Waals surface area (Å²) in [7, 11) is 0. The van der Waals surface area contributed by atoms with Crippen LogP contribution in [0.4, 0.5) is 0 Å². The maximum Gasteiger partial charge on any atom is 0.141 e. The van der Waals surface area contributed by atoms with Crippen molar-refractivity contribution in [3.05, 3.63) is 141 Å². The van der Waals surface area contributed by atoms with Gasteiger partial charge in [0.15, 0.2) is 0 Å². The van der Waals surface area contributed by atoms with E-state index in [0.717, 1.165) is 40.0 Å². The average Bonchev–Trinajstić information content (AvgIpc) is 3.07. The molecule has 5 rings (SSSR count). The minimum atomic E-state index is -0.294. The van der Waals surface area contributed by atoms with Gasteiger partial charge in [0, 0.05) is 18.4 Å². The molecule has 3 unspecified atom stereocenters. The van der Waals surface area contributed by atoms with Gasteiger partial charge in [-0.1, -0.05) is 97.1 Å². The van der Waals surface area contributed by atoms with Crippen molar-refractivity contribution in [2.45, 2.75) is 57.7 Å². The first-order valence-corrected chi connectivity index (χ1v) is 16.6. The Bertz CT molecular complexity index is 1500. The zero-order chi connectivity index (χ0) is 31.4. The molecule has 0 aromatic heterocycles. The summed E-state index contributed by atoms with van der Waals surface area (Å²) in [5, 5.41) is 0.613. The number of benzene rings is 4. The van der Waals surface area contributed by atoms with Crippen LogP contribution in [0.15, 0.2) is 108 Å². The minimum Gasteiger partial charge on any atom is -0.494 e. The molecule has 3 atom stereocenters. The molecule has 5 nitrogen and oxygen atoms in total. The first kappa shape index (κ1) is 33.2. The van der Waals surface area contributed by atoms with Gasteiger partial charge in [-0.3, -0.25) is 0 Å². The Morgan fingerprint density at radius 3 is 2.24 bits per heavy atom. The zero-order valence-corrected chi connectivity index (χ0v) is 28.0. The Labute approximate surface area is 280 Å². The summed E-state index contributed by atoms with van der Waals surface area (Å²) in [6.07, 6.45) is 3.28. The molecular formula is C38H40BrClO5. The van der Waals surface area contributed by atoms with Crippen molar-refractivity contribution in [1.82, 2.24) is 0 Å². The van der Waals surface area contributed by atoms with Crippen molar-refractivity contribution in [1.29, 1.82) is 0 Å². The summed E-state index contributed by atoms with van der Waals surface area (Å²) < 4.78 is 32.0. The Balaban J connectivity index is 1.41. The van der Waals surface area contributed by atoms with Crippen molar-refractivity contribution in [2.75, 3.05) is 19.8 Å². The van der Waals surface area contributed by atoms with E-state index in [1.54, 1.807) is 6.08 Å². The van der Waals surface area contributed by atoms with Crippen LogP contribution in [0.25, 0.3) is 0 Å². The van der Waals surface area contributed by atoms with Gasteiger partial charge in [0.25, 0.3) is 0 Å². The first-order chi connectivity index (χ1) is 22.0. The van der Waals surface area contributed by atoms with Gasteiger partial charge in [0.2, 0.25) is 0 Å². The molecule has 0 bridgehead atoms. The normalized spacial score (nSPS) is 18.0. The Morgan fingerprint density at radius 2 is 1.58 bits per heavy atom. The molecule has 45 heavy (non-hydrogen) atoms. The monoisotopic (exact) mass is 690 g/mol. The van der Waals surface area contributed by atoms with Crippen LogP contribution in [0, 0.1) is 0 Å². The van der Waals surface area contributed by atoms with Gasteiger partial charge in [0.1, 0.15) is 18.1 Å². The van der Waals surface area contributed by atoms with Crippen LogP contribution in [0.1, 0.15) is 53.7 Å².